The van der Waals surface area contributed by atoms with Gasteiger partial charge in [-0.25, -0.2) is 17.6 Å². The molecule has 3 aromatic rings. The number of benzene rings is 2. The van der Waals surface area contributed by atoms with Gasteiger partial charge in [0.15, 0.2) is 17.5 Å². The summed E-state index contributed by atoms with van der Waals surface area (Å²) in [6, 6.07) is 6.95. The zero-order chi connectivity index (χ0) is 27.8. The van der Waals surface area contributed by atoms with Crippen LogP contribution >= 0.6 is 11.6 Å². The Morgan fingerprint density at radius 3 is 2.51 bits per heavy atom. The minimum atomic E-state index is -1.11. The lowest BCUT2D eigenvalue weighted by molar-refractivity contribution is -0.129. The van der Waals surface area contributed by atoms with Crippen LogP contribution < -0.4 is 5.32 Å². The van der Waals surface area contributed by atoms with E-state index in [9.17, 15) is 22.8 Å². The van der Waals surface area contributed by atoms with Gasteiger partial charge in [-0.3, -0.25) is 14.6 Å². The first kappa shape index (κ1) is 26.9. The van der Waals surface area contributed by atoms with E-state index >= 15 is 4.39 Å². The number of hydrogen-bond acceptors (Lipinski definition) is 3. The molecule has 39 heavy (non-hydrogen) atoms. The fraction of sp³-hybridized carbons (Fsp3) is 0.276. The highest BCUT2D eigenvalue weighted by atomic mass is 35.5. The molecular formula is C29H24ClF4N3O2. The second-order valence-electron chi connectivity index (χ2n) is 9.76. The number of halogens is 5. The van der Waals surface area contributed by atoms with Crippen LogP contribution in [0.25, 0.3) is 16.7 Å². The van der Waals surface area contributed by atoms with E-state index < -0.39 is 41.1 Å². The van der Waals surface area contributed by atoms with Crippen molar-refractivity contribution in [1.82, 2.24) is 9.88 Å². The van der Waals surface area contributed by atoms with Gasteiger partial charge in [0.2, 0.25) is 11.8 Å². The van der Waals surface area contributed by atoms with Gasteiger partial charge in [0.1, 0.15) is 5.82 Å². The average molecular weight is 558 g/mol. The van der Waals surface area contributed by atoms with E-state index in [4.69, 9.17) is 11.6 Å². The molecule has 0 saturated heterocycles. The van der Waals surface area contributed by atoms with Gasteiger partial charge in [-0.2, -0.15) is 0 Å². The third kappa shape index (κ3) is 5.15. The highest BCUT2D eigenvalue weighted by Gasteiger charge is 2.31. The number of nitrogens with one attached hydrogen (secondary N) is 1. The van der Waals surface area contributed by atoms with Crippen molar-refractivity contribution in [2.75, 3.05) is 11.9 Å². The van der Waals surface area contributed by atoms with Gasteiger partial charge in [0.25, 0.3) is 0 Å². The van der Waals surface area contributed by atoms with Crippen molar-refractivity contribution in [1.29, 1.82) is 0 Å². The molecule has 1 aromatic heterocycles. The first-order valence-corrected chi connectivity index (χ1v) is 12.9. The molecule has 2 bridgehead atoms. The second kappa shape index (κ2) is 10.8. The molecular weight excluding hydrogens is 534 g/mol. The summed E-state index contributed by atoms with van der Waals surface area (Å²) >= 11 is 5.84. The summed E-state index contributed by atoms with van der Waals surface area (Å²) in [6.07, 6.45) is 4.27. The van der Waals surface area contributed by atoms with Crippen LogP contribution in [0.5, 0.6) is 0 Å². The standard InChI is InChI=1S/C29H24ClF4N3O2/c1-15-3-2-4-23(37-12-10-17(14-24(37)38)25-19(31)6-5-18(30)27(25)33)22-13-16(9-11-35-22)26-21(36-29(15)39)8-7-20(32)28(26)34/h5-9,11,13-15,23H,2-4,10,12H2,1H3,(H,36,39)/t15?,23-/m0/s1. The first-order chi connectivity index (χ1) is 18.7. The Kier molecular flexibility index (Phi) is 7.44. The van der Waals surface area contributed by atoms with Crippen molar-refractivity contribution in [3.8, 4) is 11.1 Å². The molecule has 1 unspecified atom stereocenters. The number of carbonyl (C=O) groups excluding carboxylic acids is 2. The van der Waals surface area contributed by atoms with Gasteiger partial charge in [0.05, 0.1) is 28.0 Å². The number of fused-ring (bicyclic) bond motifs is 4. The van der Waals surface area contributed by atoms with Gasteiger partial charge in [-0.05, 0) is 66.8 Å². The lowest BCUT2D eigenvalue weighted by Crippen LogP contribution is -2.38. The van der Waals surface area contributed by atoms with Crippen LogP contribution in [-0.2, 0) is 9.59 Å². The molecule has 0 aliphatic carbocycles. The molecule has 0 fully saturated rings. The lowest BCUT2D eigenvalue weighted by atomic mass is 9.92. The quantitative estimate of drug-likeness (QED) is 0.271. The molecule has 0 spiro atoms. The van der Waals surface area contributed by atoms with Crippen molar-refractivity contribution >= 4 is 34.7 Å². The van der Waals surface area contributed by atoms with Crippen LogP contribution in [0, 0.1) is 29.2 Å². The fourth-order valence-corrected chi connectivity index (χ4v) is 5.33. The number of anilines is 1. The molecule has 1 N–H and O–H groups in total. The molecule has 2 aliphatic rings. The number of aromatic nitrogens is 1. The van der Waals surface area contributed by atoms with Crippen molar-refractivity contribution in [2.24, 2.45) is 5.92 Å². The average Bonchev–Trinajstić information content (AvgIpc) is 2.91. The first-order valence-electron chi connectivity index (χ1n) is 12.6. The molecule has 202 valence electrons. The molecule has 2 aromatic carbocycles. The summed E-state index contributed by atoms with van der Waals surface area (Å²) in [7, 11) is 0. The third-order valence-electron chi connectivity index (χ3n) is 7.27. The van der Waals surface area contributed by atoms with Gasteiger partial charge in [0, 0.05) is 30.3 Å². The second-order valence-corrected chi connectivity index (χ2v) is 10.2. The van der Waals surface area contributed by atoms with E-state index in [2.05, 4.69) is 10.3 Å². The van der Waals surface area contributed by atoms with Crippen molar-refractivity contribution in [3.05, 3.63) is 88.2 Å². The van der Waals surface area contributed by atoms with Crippen LogP contribution in [0.1, 0.15) is 49.9 Å². The summed E-state index contributed by atoms with van der Waals surface area (Å²) < 4.78 is 58.4. The molecule has 2 amide bonds. The van der Waals surface area contributed by atoms with Crippen LogP contribution in [0.4, 0.5) is 23.2 Å². The molecule has 0 saturated carbocycles. The highest BCUT2D eigenvalue weighted by molar-refractivity contribution is 6.31. The number of carbonyl (C=O) groups is 2. The number of rotatable bonds is 2. The molecule has 2 atom stereocenters. The fourth-order valence-electron chi connectivity index (χ4n) is 5.17. The lowest BCUT2D eigenvalue weighted by Gasteiger charge is -2.34. The summed E-state index contributed by atoms with van der Waals surface area (Å²) in [5, 5.41) is 2.47. The Balaban J connectivity index is 1.56. The van der Waals surface area contributed by atoms with Crippen molar-refractivity contribution in [3.63, 3.8) is 0 Å². The normalized spacial score (nSPS) is 19.9. The Morgan fingerprint density at radius 2 is 1.74 bits per heavy atom. The Bertz CT molecular complexity index is 1510. The van der Waals surface area contributed by atoms with Crippen LogP contribution in [-0.4, -0.2) is 28.2 Å². The van der Waals surface area contributed by atoms with E-state index in [-0.39, 0.29) is 51.8 Å². The maximum atomic E-state index is 15.1. The van der Waals surface area contributed by atoms with Gasteiger partial charge in [-0.15, -0.1) is 0 Å². The van der Waals surface area contributed by atoms with Gasteiger partial charge < -0.3 is 10.2 Å². The SMILES string of the molecule is CC1CCC[C@H](N2CCC(c3c(F)ccc(Cl)c3F)=CC2=O)c2cc(ccn2)-c2c(ccc(F)c2F)NC1=O. The number of nitrogens with zero attached hydrogens (tertiary/aromatic N) is 2. The zero-order valence-electron chi connectivity index (χ0n) is 20.9. The molecule has 3 heterocycles. The summed E-state index contributed by atoms with van der Waals surface area (Å²) in [5.74, 6) is -5.16. The Morgan fingerprint density at radius 1 is 0.974 bits per heavy atom. The smallest absolute Gasteiger partial charge is 0.247 e. The van der Waals surface area contributed by atoms with E-state index in [1.54, 1.807) is 17.9 Å². The molecule has 2 aliphatic heterocycles. The predicted molar refractivity (Wildman–Crippen MR) is 140 cm³/mol. The molecule has 10 heteroatoms. The minimum absolute atomic E-state index is 0.113. The monoisotopic (exact) mass is 557 g/mol. The number of amides is 2. The summed E-state index contributed by atoms with van der Waals surface area (Å²) in [4.78, 5) is 32.2. The summed E-state index contributed by atoms with van der Waals surface area (Å²) in [5.41, 5.74) is 0.620. The van der Waals surface area contributed by atoms with Crippen LogP contribution in [0.15, 0.2) is 48.7 Å². The van der Waals surface area contributed by atoms with E-state index in [1.807, 2.05) is 0 Å². The van der Waals surface area contributed by atoms with E-state index in [0.717, 1.165) is 18.2 Å². The van der Waals surface area contributed by atoms with Crippen molar-refractivity contribution < 1.29 is 27.2 Å². The minimum Gasteiger partial charge on any atom is -0.330 e. The largest absolute Gasteiger partial charge is 0.330 e. The summed E-state index contributed by atoms with van der Waals surface area (Å²) in [6.45, 7) is 1.88. The number of hydrogen-bond donors (Lipinski definition) is 1. The van der Waals surface area contributed by atoms with E-state index in [0.29, 0.717) is 25.0 Å². The number of pyridine rings is 1. The Labute approximate surface area is 227 Å². The zero-order valence-corrected chi connectivity index (χ0v) is 21.7. The third-order valence-corrected chi connectivity index (χ3v) is 7.56. The van der Waals surface area contributed by atoms with Gasteiger partial charge in [-0.1, -0.05) is 24.9 Å². The van der Waals surface area contributed by atoms with Crippen molar-refractivity contribution in [2.45, 2.75) is 38.6 Å². The van der Waals surface area contributed by atoms with Crippen LogP contribution in [0.2, 0.25) is 5.02 Å². The topological polar surface area (TPSA) is 62.3 Å². The van der Waals surface area contributed by atoms with E-state index in [1.165, 1.54) is 24.4 Å². The Hall–Kier alpha value is -3.72. The highest BCUT2D eigenvalue weighted by Crippen LogP contribution is 2.38. The maximum Gasteiger partial charge on any atom is 0.247 e. The predicted octanol–water partition coefficient (Wildman–Crippen LogP) is 7.07. The molecule has 5 nitrogen and oxygen atoms in total. The molecule has 5 rings (SSSR count). The maximum absolute atomic E-state index is 15.1. The van der Waals surface area contributed by atoms with Crippen LogP contribution in [0.3, 0.4) is 0 Å². The molecule has 0 radical (unpaired) electrons. The van der Waals surface area contributed by atoms with Gasteiger partial charge >= 0.3 is 0 Å².